The fourth-order valence-corrected chi connectivity index (χ4v) is 4.42. The Hall–Kier alpha value is -4.96. The molecule has 0 spiro atoms. The minimum Gasteiger partial charge on any atom is -0.679 e. The van der Waals surface area contributed by atoms with Gasteiger partial charge in [-0.1, -0.05) is 78.9 Å². The molecule has 0 amide bonds. The molecular formula is C38H33F10N2Pt-3. The maximum Gasteiger partial charge on any atom is 0.0785 e. The summed E-state index contributed by atoms with van der Waals surface area (Å²) >= 11 is 0. The van der Waals surface area contributed by atoms with Crippen LogP contribution in [0.25, 0.3) is 28.1 Å². The Kier molecular flexibility index (Phi) is 35.9. The van der Waals surface area contributed by atoms with Crippen LogP contribution in [0.3, 0.4) is 0 Å². The van der Waals surface area contributed by atoms with Crippen molar-refractivity contribution in [2.45, 2.75) is 6.04 Å². The van der Waals surface area contributed by atoms with Crippen LogP contribution >= 0.6 is 0 Å². The third-order valence-corrected chi connectivity index (χ3v) is 6.18. The number of rotatable bonds is 2. The average Bonchev–Trinajstić information content (AvgIpc) is 3.27. The van der Waals surface area contributed by atoms with Crippen molar-refractivity contribution < 1.29 is 66.4 Å². The molecule has 7 rings (SSSR count). The van der Waals surface area contributed by atoms with Gasteiger partial charge in [0.2, 0.25) is 0 Å². The minimum absolute atomic E-state index is 0. The minimum atomic E-state index is -0.0427. The summed E-state index contributed by atoms with van der Waals surface area (Å²) in [5, 5.41) is 4.75. The molecule has 2 nitrogen and oxygen atoms in total. The van der Waals surface area contributed by atoms with Crippen LogP contribution < -0.4 is 0 Å². The predicted octanol–water partition coefficient (Wildman–Crippen LogP) is 13.7. The summed E-state index contributed by atoms with van der Waals surface area (Å²) in [5.41, 5.74) is 8.25. The van der Waals surface area contributed by atoms with Crippen molar-refractivity contribution in [1.82, 2.24) is 4.98 Å². The van der Waals surface area contributed by atoms with E-state index in [9.17, 15) is 8.78 Å². The summed E-state index contributed by atoms with van der Waals surface area (Å²) in [7, 11) is 1.00. The monoisotopic (exact) mass is 902 g/mol. The number of benzene rings is 4. The maximum atomic E-state index is 9.50. The van der Waals surface area contributed by atoms with Crippen LogP contribution in [0.4, 0.5) is 45.4 Å². The van der Waals surface area contributed by atoms with E-state index in [1.165, 1.54) is 33.4 Å². The fourth-order valence-electron chi connectivity index (χ4n) is 4.42. The summed E-state index contributed by atoms with van der Waals surface area (Å²) in [4.78, 5) is 4.70. The Morgan fingerprint density at radius 1 is 0.529 bits per heavy atom. The van der Waals surface area contributed by atoms with Gasteiger partial charge in [-0.05, 0) is 39.9 Å². The molecule has 0 bridgehead atoms. The van der Waals surface area contributed by atoms with Crippen molar-refractivity contribution in [3.05, 3.63) is 192 Å². The smallest absolute Gasteiger partial charge is 0.0785 e. The first kappa shape index (κ1) is 50.4. The zero-order valence-electron chi connectivity index (χ0n) is 27.1. The second-order valence-corrected chi connectivity index (χ2v) is 8.61. The summed E-state index contributed by atoms with van der Waals surface area (Å²) in [6.07, 6.45) is 10.3. The summed E-state index contributed by atoms with van der Waals surface area (Å²) < 4.78 is 83.0. The quantitative estimate of drug-likeness (QED) is 0.128. The van der Waals surface area contributed by atoms with Gasteiger partial charge in [-0.3, -0.25) is 13.8 Å². The summed E-state index contributed by atoms with van der Waals surface area (Å²) in [6.45, 7) is 0. The van der Waals surface area contributed by atoms with Gasteiger partial charge < -0.3 is 5.32 Å². The number of allylic oxidation sites excluding steroid dienone is 2. The first-order chi connectivity index (χ1) is 24.9. The van der Waals surface area contributed by atoms with Gasteiger partial charge in [0.1, 0.15) is 0 Å². The molecule has 0 radical (unpaired) electrons. The van der Waals surface area contributed by atoms with E-state index in [0.29, 0.717) is 14.4 Å². The first-order valence-corrected chi connectivity index (χ1v) is 14.0. The molecule has 13 heteroatoms. The van der Waals surface area contributed by atoms with Gasteiger partial charge in [0.05, 0.1) is 14.4 Å². The molecule has 1 unspecified atom stereocenters. The molecule has 4 aromatic carbocycles. The third kappa shape index (κ3) is 18.0. The molecule has 5 aromatic rings. The Morgan fingerprint density at radius 2 is 0.961 bits per heavy atom. The molecule has 1 aromatic heterocycles. The topological polar surface area (TPSA) is 27.0 Å². The van der Waals surface area contributed by atoms with Gasteiger partial charge in [0, 0.05) is 75.1 Å². The number of hydrogen-bond donors (Lipinski definition) is 0. The first-order valence-electron chi connectivity index (χ1n) is 14.0. The van der Waals surface area contributed by atoms with E-state index in [4.69, 9.17) is 46.9 Å². The molecule has 2 aliphatic rings. The number of halogens is 10. The predicted molar refractivity (Wildman–Crippen MR) is 181 cm³/mol. The molecule has 278 valence electrons. The molecule has 1 aliphatic heterocycles. The van der Waals surface area contributed by atoms with E-state index in [1.807, 2.05) is 85.2 Å². The van der Waals surface area contributed by atoms with E-state index in [0.717, 1.165) is 5.69 Å². The number of nitrogens with zero attached hydrogens (tertiary/aromatic N) is 2. The van der Waals surface area contributed by atoms with E-state index >= 15 is 0 Å². The molecule has 0 saturated carbocycles. The van der Waals surface area contributed by atoms with Crippen molar-refractivity contribution in [3.63, 3.8) is 0 Å². The van der Waals surface area contributed by atoms with Crippen molar-refractivity contribution in [2.75, 3.05) is 14.4 Å². The van der Waals surface area contributed by atoms with Gasteiger partial charge in [-0.25, -0.2) is 0 Å². The molecule has 51 heavy (non-hydrogen) atoms. The van der Waals surface area contributed by atoms with Crippen LogP contribution in [0.1, 0.15) is 22.9 Å². The van der Waals surface area contributed by atoms with Crippen LogP contribution in [0, 0.1) is 12.1 Å². The van der Waals surface area contributed by atoms with Crippen molar-refractivity contribution in [1.29, 1.82) is 0 Å². The maximum absolute atomic E-state index is 9.50. The van der Waals surface area contributed by atoms with Crippen LogP contribution in [0.15, 0.2) is 158 Å². The molecule has 0 saturated heterocycles. The largest absolute Gasteiger partial charge is 0.679 e. The van der Waals surface area contributed by atoms with E-state index in [-0.39, 0.29) is 27.1 Å². The molecule has 0 fully saturated rings. The Balaban J connectivity index is -0.000000763. The van der Waals surface area contributed by atoms with Crippen LogP contribution in [0.2, 0.25) is 0 Å². The number of hydrogen-bond acceptors (Lipinski definition) is 1. The summed E-state index contributed by atoms with van der Waals surface area (Å²) in [6, 6.07) is 48.0. The van der Waals surface area contributed by atoms with Crippen LogP contribution in [-0.4, -0.2) is 19.3 Å². The second kappa shape index (κ2) is 36.3. The molecule has 2 heterocycles. The molecule has 1 atom stereocenters. The number of fused-ring (bicyclic) bond motifs is 3. The molecule has 1 aliphatic carbocycles. The number of pyridine rings is 1. The van der Waals surface area contributed by atoms with Crippen molar-refractivity contribution in [2.24, 2.45) is 0 Å². The zero-order valence-corrected chi connectivity index (χ0v) is 29.4. The van der Waals surface area contributed by atoms with E-state index in [2.05, 4.69) is 85.0 Å². The van der Waals surface area contributed by atoms with Crippen LogP contribution in [0.5, 0.6) is 0 Å². The third-order valence-electron chi connectivity index (χ3n) is 6.18. The van der Waals surface area contributed by atoms with Crippen molar-refractivity contribution >= 4 is 11.6 Å². The zero-order chi connectivity index (χ0) is 37.8. The van der Waals surface area contributed by atoms with Crippen molar-refractivity contribution in [3.8, 4) is 11.1 Å². The van der Waals surface area contributed by atoms with Gasteiger partial charge in [-0.15, -0.1) is 0 Å². The molecule has 0 N–H and O–H groups in total. The van der Waals surface area contributed by atoms with Gasteiger partial charge in [-0.2, -0.15) is 79.0 Å². The summed E-state index contributed by atoms with van der Waals surface area (Å²) in [5.74, 6) is 0. The Morgan fingerprint density at radius 3 is 1.37 bits per heavy atom. The van der Waals surface area contributed by atoms with Gasteiger partial charge in [0.15, 0.2) is 0 Å². The second-order valence-electron chi connectivity index (χ2n) is 8.61. The average molecular weight is 903 g/mol. The number of alkyl halides is 2. The number of aromatic nitrogens is 1. The Bertz CT molecular complexity index is 1460. The van der Waals surface area contributed by atoms with E-state index < -0.39 is 0 Å². The normalized spacial score (nSPS) is 11.5. The SMILES string of the molecule is C1=CC(c2ccccc2)=C2C=Cc3c(-c4ccccc4)ccnc3C2[N-]1.CF.CF.FF.FF.FF.FF.[Pt].[c-]1ccccc1.[c-]1ccccc1. The Labute approximate surface area is 305 Å². The molecular weight excluding hydrogens is 869 g/mol. The fraction of sp³-hybridized carbons (Fsp3) is 0.0789. The van der Waals surface area contributed by atoms with E-state index in [1.54, 1.807) is 0 Å². The van der Waals surface area contributed by atoms with Gasteiger partial charge >= 0.3 is 0 Å². The van der Waals surface area contributed by atoms with Gasteiger partial charge in [0.25, 0.3) is 0 Å². The standard InChI is InChI=1S/C24H17N2.2C6H5.2CH3F.4F2.Pt/c1-3-7-17(8-4-1)19-13-15-25-23-21(19)11-12-22-20(14-16-26-24(22)23)18-9-5-2-6-10-18;2*1-2-4-6-5-3-1;6*1-2;/h1-16,23H;2*1-5H;2*1H3;;;;;/q3*-1;;;;;;;. The van der Waals surface area contributed by atoms with Crippen LogP contribution in [-0.2, 0) is 21.1 Å².